The second kappa shape index (κ2) is 5.34. The van der Waals surface area contributed by atoms with Crippen LogP contribution in [0.3, 0.4) is 0 Å². The Morgan fingerprint density at radius 2 is 2.37 bits per heavy atom. The molecule has 1 heterocycles. The SMILES string of the molecule is CC1CC(C#N)(C(=O)N(C)C(C)Cc2cccs2)C1. The zero-order chi connectivity index (χ0) is 14.0. The Bertz CT molecular complexity index is 483. The van der Waals surface area contributed by atoms with Gasteiger partial charge in [0.05, 0.1) is 6.07 Å². The van der Waals surface area contributed by atoms with E-state index in [-0.39, 0.29) is 11.9 Å². The maximum atomic E-state index is 12.5. The molecule has 0 aliphatic heterocycles. The van der Waals surface area contributed by atoms with E-state index in [9.17, 15) is 10.1 Å². The lowest BCUT2D eigenvalue weighted by Gasteiger charge is -2.42. The third kappa shape index (κ3) is 2.66. The van der Waals surface area contributed by atoms with E-state index in [0.29, 0.717) is 18.8 Å². The number of nitrogens with zero attached hydrogens (tertiary/aromatic N) is 2. The average molecular weight is 276 g/mol. The van der Waals surface area contributed by atoms with Crippen LogP contribution in [0.1, 0.15) is 31.6 Å². The molecule has 1 fully saturated rings. The Hall–Kier alpha value is -1.34. The number of carbonyl (C=O) groups is 1. The van der Waals surface area contributed by atoms with Crippen molar-refractivity contribution >= 4 is 17.2 Å². The predicted octanol–water partition coefficient (Wildman–Crippen LogP) is 3.08. The molecular weight excluding hydrogens is 256 g/mol. The fourth-order valence-corrected chi connectivity index (χ4v) is 3.66. The Morgan fingerprint density at radius 3 is 2.84 bits per heavy atom. The van der Waals surface area contributed by atoms with E-state index in [2.05, 4.69) is 19.1 Å². The van der Waals surface area contributed by atoms with Gasteiger partial charge in [-0.2, -0.15) is 5.26 Å². The molecule has 1 amide bonds. The third-order valence-electron chi connectivity index (χ3n) is 4.08. The smallest absolute Gasteiger partial charge is 0.243 e. The van der Waals surface area contributed by atoms with Gasteiger partial charge in [-0.15, -0.1) is 11.3 Å². The molecule has 0 radical (unpaired) electrons. The molecule has 0 saturated heterocycles. The molecule has 1 saturated carbocycles. The highest BCUT2D eigenvalue weighted by atomic mass is 32.1. The fourth-order valence-electron chi connectivity index (χ4n) is 2.84. The van der Waals surface area contributed by atoms with E-state index < -0.39 is 5.41 Å². The Morgan fingerprint density at radius 1 is 1.68 bits per heavy atom. The molecule has 1 aromatic heterocycles. The second-order valence-corrected chi connectivity index (χ2v) is 6.79. The molecule has 1 aliphatic rings. The van der Waals surface area contributed by atoms with E-state index in [4.69, 9.17) is 0 Å². The molecule has 0 spiro atoms. The van der Waals surface area contributed by atoms with Crippen LogP contribution in [0.4, 0.5) is 0 Å². The molecular formula is C15H20N2OS. The summed E-state index contributed by atoms with van der Waals surface area (Å²) in [6, 6.07) is 6.50. The number of nitriles is 1. The summed E-state index contributed by atoms with van der Waals surface area (Å²) in [5, 5.41) is 11.4. The van der Waals surface area contributed by atoms with Gasteiger partial charge in [-0.05, 0) is 37.1 Å². The van der Waals surface area contributed by atoms with Crippen LogP contribution >= 0.6 is 11.3 Å². The van der Waals surface area contributed by atoms with Crippen LogP contribution in [-0.4, -0.2) is 23.9 Å². The largest absolute Gasteiger partial charge is 0.341 e. The minimum atomic E-state index is -0.752. The first-order valence-corrected chi connectivity index (χ1v) is 7.57. The molecule has 1 atom stereocenters. The van der Waals surface area contributed by atoms with Crippen LogP contribution in [0, 0.1) is 22.7 Å². The summed E-state index contributed by atoms with van der Waals surface area (Å²) in [6.45, 7) is 4.14. The molecule has 2 rings (SSSR count). The number of carbonyl (C=O) groups excluding carboxylic acids is 1. The molecule has 0 aromatic carbocycles. The van der Waals surface area contributed by atoms with Gasteiger partial charge >= 0.3 is 0 Å². The van der Waals surface area contributed by atoms with Crippen molar-refractivity contribution in [2.75, 3.05) is 7.05 Å². The van der Waals surface area contributed by atoms with Crippen molar-refractivity contribution in [3.63, 3.8) is 0 Å². The van der Waals surface area contributed by atoms with Crippen LogP contribution in [0.15, 0.2) is 17.5 Å². The highest BCUT2D eigenvalue weighted by Crippen LogP contribution is 2.46. The molecule has 0 bridgehead atoms. The van der Waals surface area contributed by atoms with Crippen molar-refractivity contribution in [3.05, 3.63) is 22.4 Å². The van der Waals surface area contributed by atoms with Gasteiger partial charge < -0.3 is 4.90 Å². The summed E-state index contributed by atoms with van der Waals surface area (Å²) in [6.07, 6.45) is 2.27. The summed E-state index contributed by atoms with van der Waals surface area (Å²) >= 11 is 1.71. The second-order valence-electron chi connectivity index (χ2n) is 5.76. The van der Waals surface area contributed by atoms with Crippen LogP contribution in [0.2, 0.25) is 0 Å². The number of amides is 1. The summed E-state index contributed by atoms with van der Waals surface area (Å²) in [5.41, 5.74) is -0.752. The monoisotopic (exact) mass is 276 g/mol. The summed E-state index contributed by atoms with van der Waals surface area (Å²) < 4.78 is 0. The lowest BCUT2D eigenvalue weighted by Crippen LogP contribution is -2.51. The maximum absolute atomic E-state index is 12.5. The standard InChI is InChI=1S/C15H20N2OS/c1-11-8-15(9-11,10-16)14(18)17(3)12(2)7-13-5-4-6-19-13/h4-6,11-12H,7-9H2,1-3H3. The van der Waals surface area contributed by atoms with Gasteiger partial charge in [-0.1, -0.05) is 13.0 Å². The number of hydrogen-bond acceptors (Lipinski definition) is 3. The number of thiophene rings is 1. The third-order valence-corrected chi connectivity index (χ3v) is 4.97. The molecule has 1 aliphatic carbocycles. The fraction of sp³-hybridized carbons (Fsp3) is 0.600. The van der Waals surface area contributed by atoms with Crippen LogP contribution in [0.5, 0.6) is 0 Å². The van der Waals surface area contributed by atoms with Crippen molar-refractivity contribution in [1.29, 1.82) is 5.26 Å². The van der Waals surface area contributed by atoms with Gasteiger partial charge in [-0.25, -0.2) is 0 Å². The summed E-state index contributed by atoms with van der Waals surface area (Å²) in [7, 11) is 1.82. The van der Waals surface area contributed by atoms with Gasteiger partial charge in [0, 0.05) is 24.4 Å². The van der Waals surface area contributed by atoms with Crippen molar-refractivity contribution in [1.82, 2.24) is 4.90 Å². The predicted molar refractivity (Wildman–Crippen MR) is 76.7 cm³/mol. The Balaban J connectivity index is 2.01. The zero-order valence-electron chi connectivity index (χ0n) is 11.7. The number of hydrogen-bond donors (Lipinski definition) is 0. The van der Waals surface area contributed by atoms with Crippen molar-refractivity contribution in [2.24, 2.45) is 11.3 Å². The molecule has 102 valence electrons. The van der Waals surface area contributed by atoms with Crippen LogP contribution in [-0.2, 0) is 11.2 Å². The lowest BCUT2D eigenvalue weighted by molar-refractivity contribution is -0.145. The number of rotatable bonds is 4. The van der Waals surface area contributed by atoms with Gasteiger partial charge in [0.15, 0.2) is 0 Å². The maximum Gasteiger partial charge on any atom is 0.243 e. The van der Waals surface area contributed by atoms with Crippen LogP contribution < -0.4 is 0 Å². The minimum Gasteiger partial charge on any atom is -0.341 e. The number of likely N-dealkylation sites (N-methyl/N-ethyl adjacent to an activating group) is 1. The van der Waals surface area contributed by atoms with Crippen molar-refractivity contribution < 1.29 is 4.79 Å². The quantitative estimate of drug-likeness (QED) is 0.848. The average Bonchev–Trinajstić information content (AvgIpc) is 2.85. The Kier molecular flexibility index (Phi) is 3.96. The molecule has 0 N–H and O–H groups in total. The minimum absolute atomic E-state index is 0.00263. The van der Waals surface area contributed by atoms with E-state index in [1.807, 2.05) is 25.4 Å². The van der Waals surface area contributed by atoms with Gasteiger partial charge in [0.1, 0.15) is 5.41 Å². The molecule has 4 heteroatoms. The van der Waals surface area contributed by atoms with E-state index in [1.54, 1.807) is 16.2 Å². The Labute approximate surface area is 118 Å². The van der Waals surface area contributed by atoms with E-state index >= 15 is 0 Å². The van der Waals surface area contributed by atoms with Crippen LogP contribution in [0.25, 0.3) is 0 Å². The van der Waals surface area contributed by atoms with Crippen molar-refractivity contribution in [3.8, 4) is 6.07 Å². The van der Waals surface area contributed by atoms with Gasteiger partial charge in [0.25, 0.3) is 0 Å². The highest BCUT2D eigenvalue weighted by molar-refractivity contribution is 7.09. The summed E-state index contributed by atoms with van der Waals surface area (Å²) in [4.78, 5) is 15.5. The van der Waals surface area contributed by atoms with Crippen molar-refractivity contribution in [2.45, 2.75) is 39.2 Å². The first kappa shape index (κ1) is 14.1. The van der Waals surface area contributed by atoms with Gasteiger partial charge in [0.2, 0.25) is 5.91 Å². The molecule has 1 aromatic rings. The first-order valence-electron chi connectivity index (χ1n) is 6.69. The van der Waals surface area contributed by atoms with E-state index in [0.717, 1.165) is 6.42 Å². The van der Waals surface area contributed by atoms with E-state index in [1.165, 1.54) is 4.88 Å². The first-order chi connectivity index (χ1) is 8.98. The highest BCUT2D eigenvalue weighted by Gasteiger charge is 2.50. The molecule has 1 unspecified atom stereocenters. The van der Waals surface area contributed by atoms with Gasteiger partial charge in [-0.3, -0.25) is 4.79 Å². The lowest BCUT2D eigenvalue weighted by atomic mass is 9.62. The zero-order valence-corrected chi connectivity index (χ0v) is 12.5. The molecule has 19 heavy (non-hydrogen) atoms. The molecule has 3 nitrogen and oxygen atoms in total. The summed E-state index contributed by atoms with van der Waals surface area (Å²) in [5.74, 6) is 0.488. The topological polar surface area (TPSA) is 44.1 Å². The normalized spacial score (nSPS) is 27.2.